The van der Waals surface area contributed by atoms with Crippen molar-refractivity contribution in [3.05, 3.63) is 36.2 Å². The number of benzene rings is 1. The molecule has 0 bridgehead atoms. The van der Waals surface area contributed by atoms with Gasteiger partial charge in [0.05, 0.1) is 19.8 Å². The number of hydrogen-bond donors (Lipinski definition) is 1. The minimum absolute atomic E-state index is 0.433. The molecule has 1 aliphatic rings. The Hall–Kier alpha value is -2.92. The molecule has 0 atom stereocenters. The standard InChI is InChI=1S/C20H26N8O2S/c1-3-21-17-23-18(27-8-10-29-11-9-27)25-19(24-17)28-14-22-20(26-28)31-13-12-30-16-7-5-4-6-15(16)2/h4-7,14H,3,8-13H2,1-2H3,(H,21,23,24,25). The van der Waals surface area contributed by atoms with Gasteiger partial charge in [-0.3, -0.25) is 0 Å². The Morgan fingerprint density at radius 3 is 2.74 bits per heavy atom. The largest absolute Gasteiger partial charge is 0.492 e. The van der Waals surface area contributed by atoms with E-state index in [-0.39, 0.29) is 0 Å². The highest BCUT2D eigenvalue weighted by Crippen LogP contribution is 2.19. The zero-order chi connectivity index (χ0) is 21.5. The Bertz CT molecular complexity index is 993. The molecule has 1 N–H and O–H groups in total. The molecule has 11 heteroatoms. The van der Waals surface area contributed by atoms with Crippen LogP contribution in [0, 0.1) is 6.92 Å². The Morgan fingerprint density at radius 2 is 1.94 bits per heavy atom. The topological polar surface area (TPSA) is 103 Å². The van der Waals surface area contributed by atoms with Gasteiger partial charge in [0.15, 0.2) is 0 Å². The molecule has 10 nitrogen and oxygen atoms in total. The van der Waals surface area contributed by atoms with Crippen molar-refractivity contribution in [3.8, 4) is 11.7 Å². The van der Waals surface area contributed by atoms with Crippen LogP contribution < -0.4 is 15.0 Å². The molecule has 0 radical (unpaired) electrons. The van der Waals surface area contributed by atoms with Crippen LogP contribution in [-0.2, 0) is 4.74 Å². The van der Waals surface area contributed by atoms with Crippen LogP contribution in [0.1, 0.15) is 12.5 Å². The molecule has 2 aromatic heterocycles. The van der Waals surface area contributed by atoms with E-state index in [0.29, 0.717) is 49.4 Å². The molecule has 31 heavy (non-hydrogen) atoms. The second-order valence-corrected chi connectivity index (χ2v) is 7.88. The summed E-state index contributed by atoms with van der Waals surface area (Å²) in [5, 5.41) is 8.33. The number of thioether (sulfide) groups is 1. The van der Waals surface area contributed by atoms with E-state index >= 15 is 0 Å². The summed E-state index contributed by atoms with van der Waals surface area (Å²) in [4.78, 5) is 20.1. The number of ether oxygens (including phenoxy) is 2. The molecule has 3 aromatic rings. The minimum atomic E-state index is 0.433. The highest BCUT2D eigenvalue weighted by atomic mass is 32.2. The fourth-order valence-electron chi connectivity index (χ4n) is 3.01. The van der Waals surface area contributed by atoms with E-state index in [9.17, 15) is 0 Å². The minimum Gasteiger partial charge on any atom is -0.492 e. The predicted octanol–water partition coefficient (Wildman–Crippen LogP) is 2.20. The van der Waals surface area contributed by atoms with Gasteiger partial charge in [-0.2, -0.15) is 19.6 Å². The summed E-state index contributed by atoms with van der Waals surface area (Å²) >= 11 is 1.53. The third kappa shape index (κ3) is 5.61. The van der Waals surface area contributed by atoms with E-state index in [4.69, 9.17) is 9.47 Å². The number of morpholine rings is 1. The zero-order valence-corrected chi connectivity index (χ0v) is 18.5. The van der Waals surface area contributed by atoms with E-state index in [1.54, 1.807) is 11.0 Å². The second-order valence-electron chi connectivity index (χ2n) is 6.82. The van der Waals surface area contributed by atoms with Crippen molar-refractivity contribution in [2.24, 2.45) is 0 Å². The van der Waals surface area contributed by atoms with Crippen molar-refractivity contribution in [3.63, 3.8) is 0 Å². The Morgan fingerprint density at radius 1 is 1.13 bits per heavy atom. The number of para-hydroxylation sites is 1. The van der Waals surface area contributed by atoms with Crippen molar-refractivity contribution >= 4 is 23.7 Å². The fourth-order valence-corrected chi connectivity index (χ4v) is 3.63. The van der Waals surface area contributed by atoms with Gasteiger partial charge in [0.2, 0.25) is 17.1 Å². The summed E-state index contributed by atoms with van der Waals surface area (Å²) in [5.74, 6) is 3.20. The quantitative estimate of drug-likeness (QED) is 0.392. The van der Waals surface area contributed by atoms with Crippen molar-refractivity contribution in [1.29, 1.82) is 0 Å². The summed E-state index contributed by atoms with van der Waals surface area (Å²) in [6.07, 6.45) is 1.62. The van der Waals surface area contributed by atoms with E-state index in [2.05, 4.69) is 35.3 Å². The van der Waals surface area contributed by atoms with Crippen LogP contribution in [0.15, 0.2) is 35.7 Å². The Kier molecular flexibility index (Phi) is 7.15. The summed E-state index contributed by atoms with van der Waals surface area (Å²) in [6.45, 7) is 8.13. The average Bonchev–Trinajstić information content (AvgIpc) is 3.28. The second kappa shape index (κ2) is 10.4. The molecule has 1 aliphatic heterocycles. The molecular weight excluding hydrogens is 416 g/mol. The van der Waals surface area contributed by atoms with E-state index in [1.165, 1.54) is 11.8 Å². The number of nitrogens with zero attached hydrogens (tertiary/aromatic N) is 7. The molecule has 0 aliphatic carbocycles. The molecule has 3 heterocycles. The van der Waals surface area contributed by atoms with Gasteiger partial charge in [0.25, 0.3) is 5.95 Å². The van der Waals surface area contributed by atoms with Crippen LogP contribution in [0.4, 0.5) is 11.9 Å². The molecule has 1 saturated heterocycles. The van der Waals surface area contributed by atoms with Crippen molar-refractivity contribution in [2.75, 3.05) is 55.4 Å². The van der Waals surface area contributed by atoms with Crippen LogP contribution in [-0.4, -0.2) is 74.9 Å². The van der Waals surface area contributed by atoms with Crippen molar-refractivity contribution in [1.82, 2.24) is 29.7 Å². The number of hydrogen-bond acceptors (Lipinski definition) is 10. The molecule has 1 fully saturated rings. The predicted molar refractivity (Wildman–Crippen MR) is 119 cm³/mol. The zero-order valence-electron chi connectivity index (χ0n) is 17.7. The van der Waals surface area contributed by atoms with Gasteiger partial charge in [-0.25, -0.2) is 4.98 Å². The van der Waals surface area contributed by atoms with Gasteiger partial charge in [-0.15, -0.1) is 5.10 Å². The van der Waals surface area contributed by atoms with Gasteiger partial charge in [-0.05, 0) is 25.5 Å². The van der Waals surface area contributed by atoms with Crippen LogP contribution >= 0.6 is 11.8 Å². The van der Waals surface area contributed by atoms with E-state index in [1.807, 2.05) is 38.1 Å². The first-order chi connectivity index (χ1) is 15.2. The summed E-state index contributed by atoms with van der Waals surface area (Å²) < 4.78 is 12.8. The van der Waals surface area contributed by atoms with Crippen molar-refractivity contribution < 1.29 is 9.47 Å². The molecule has 164 valence electrons. The molecule has 1 aromatic carbocycles. The fraction of sp³-hybridized carbons (Fsp3) is 0.450. The average molecular weight is 443 g/mol. The molecule has 0 amide bonds. The highest BCUT2D eigenvalue weighted by molar-refractivity contribution is 7.99. The van der Waals surface area contributed by atoms with Gasteiger partial charge < -0.3 is 19.7 Å². The maximum Gasteiger partial charge on any atom is 0.258 e. The monoisotopic (exact) mass is 442 g/mol. The first-order valence-corrected chi connectivity index (χ1v) is 11.3. The number of nitrogens with one attached hydrogen (secondary N) is 1. The van der Waals surface area contributed by atoms with Crippen LogP contribution in [0.2, 0.25) is 0 Å². The Balaban J connectivity index is 1.41. The van der Waals surface area contributed by atoms with Crippen LogP contribution in [0.5, 0.6) is 5.75 Å². The molecular formula is C20H26N8O2S. The number of aromatic nitrogens is 6. The number of anilines is 2. The maximum absolute atomic E-state index is 5.84. The molecule has 0 saturated carbocycles. The lowest BCUT2D eigenvalue weighted by Crippen LogP contribution is -2.37. The lowest BCUT2D eigenvalue weighted by molar-refractivity contribution is 0.122. The van der Waals surface area contributed by atoms with Crippen LogP contribution in [0.25, 0.3) is 5.95 Å². The van der Waals surface area contributed by atoms with Gasteiger partial charge in [0, 0.05) is 25.4 Å². The highest BCUT2D eigenvalue weighted by Gasteiger charge is 2.18. The third-order valence-corrected chi connectivity index (χ3v) is 5.40. The van der Waals surface area contributed by atoms with E-state index < -0.39 is 0 Å². The van der Waals surface area contributed by atoms with E-state index in [0.717, 1.165) is 30.2 Å². The lowest BCUT2D eigenvalue weighted by atomic mass is 10.2. The SMILES string of the molecule is CCNc1nc(N2CCOCC2)nc(-n2cnc(SCCOc3ccccc3C)n2)n1. The van der Waals surface area contributed by atoms with Gasteiger partial charge >= 0.3 is 0 Å². The number of rotatable bonds is 9. The summed E-state index contributed by atoms with van der Waals surface area (Å²) in [6, 6.07) is 7.98. The van der Waals surface area contributed by atoms with Crippen LogP contribution in [0.3, 0.4) is 0 Å². The molecule has 0 unspecified atom stereocenters. The third-order valence-electron chi connectivity index (χ3n) is 4.58. The molecule has 4 rings (SSSR count). The summed E-state index contributed by atoms with van der Waals surface area (Å²) in [5.41, 5.74) is 1.12. The molecule has 0 spiro atoms. The first kappa shape index (κ1) is 21.3. The normalized spacial score (nSPS) is 13.9. The number of aryl methyl sites for hydroxylation is 1. The first-order valence-electron chi connectivity index (χ1n) is 10.3. The van der Waals surface area contributed by atoms with Crippen molar-refractivity contribution in [2.45, 2.75) is 19.0 Å². The van der Waals surface area contributed by atoms with Gasteiger partial charge in [-0.1, -0.05) is 30.0 Å². The summed E-state index contributed by atoms with van der Waals surface area (Å²) in [7, 11) is 0. The van der Waals surface area contributed by atoms with Gasteiger partial charge in [0.1, 0.15) is 12.1 Å². The Labute approximate surface area is 185 Å². The maximum atomic E-state index is 5.84. The lowest BCUT2D eigenvalue weighted by Gasteiger charge is -2.27. The smallest absolute Gasteiger partial charge is 0.258 e.